The second kappa shape index (κ2) is 35.2. The summed E-state index contributed by atoms with van der Waals surface area (Å²) in [5.41, 5.74) is 21.8. The summed E-state index contributed by atoms with van der Waals surface area (Å²) in [5.74, 6) is 0. The Morgan fingerprint density at radius 3 is 1.05 bits per heavy atom. The fraction of sp³-hybridized carbons (Fsp3) is 0.0213. The molecule has 0 aliphatic heterocycles. The van der Waals surface area contributed by atoms with E-state index in [0.717, 1.165) is 189 Å². The van der Waals surface area contributed by atoms with Gasteiger partial charge in [0.2, 0.25) is 0 Å². The Bertz CT molecular complexity index is 10900. The van der Waals surface area contributed by atoms with Gasteiger partial charge in [-0.2, -0.15) is 0 Å². The Morgan fingerprint density at radius 1 is 0.170 bits per heavy atom. The molecule has 3 aliphatic rings. The zero-order chi connectivity index (χ0) is 112. The number of furan rings is 3. The lowest BCUT2D eigenvalue weighted by molar-refractivity contribution is 0.648. The maximum atomic E-state index is 9.99. The molecule has 3 unspecified atom stereocenters. The summed E-state index contributed by atoms with van der Waals surface area (Å²) in [4.78, 5) is 6.66. The van der Waals surface area contributed by atoms with Crippen LogP contribution in [0.15, 0.2) is 577 Å². The van der Waals surface area contributed by atoms with Crippen molar-refractivity contribution in [3.8, 4) is 33.4 Å². The van der Waals surface area contributed by atoms with Gasteiger partial charge in [-0.1, -0.05) is 418 Å². The van der Waals surface area contributed by atoms with E-state index in [1.54, 1.807) is 0 Å². The maximum Gasteiger partial charge on any atom is 0.140 e. The molecule has 0 amide bonds. The standard InChI is InChI=1S/3C47H31NO/c1-3-16-34(17-4-1)47(44-24-13-22-40-39-21-10-12-25-45(39)49-46(40)44)42-23-11-9-20-38(42)41-31-37(28-29-43(41)47)48(35-18-5-2-6-19-35)36-27-26-32-14-7-8-15-33(32)30-36;1-3-16-35(17-4-1)48(36-18-5-2-6-19-36)37-28-29-42-40(31-37)38-20-9-11-22-41(38)47(42,34-27-26-32-14-7-8-15-33(32)30-34)43-23-13-25-45-46(43)39-21-10-12-24-44(39)49-45;1-3-15-34(16-4-1)47(35-24-27-41-40-20-10-12-22-45(40)49-46(41)30-35)43-21-11-9-19-39(43)42-31-38(26-28-44(42)47)48(36-17-5-2-6-18-36)37-25-23-32-13-7-8-14-33(32)29-37/h3*1-31H/i1D,3D,4D,16D,17D;7D,8D,14D,15D,26D,27D,30D;1D,3D,4D,15D,16D. The van der Waals surface area contributed by atoms with Crippen molar-refractivity contribution in [2.75, 3.05) is 14.7 Å². The molecule has 30 rings (SSSR count). The zero-order valence-electron chi connectivity index (χ0n) is 95.9. The molecule has 6 heteroatoms. The van der Waals surface area contributed by atoms with E-state index in [2.05, 4.69) is 191 Å². The molecule has 0 bridgehead atoms. The third-order valence-electron chi connectivity index (χ3n) is 29.7. The number of nitrogens with zero attached hydrogens (tertiary/aromatic N) is 3. The molecule has 0 fully saturated rings. The van der Waals surface area contributed by atoms with Crippen molar-refractivity contribution in [2.45, 2.75) is 16.2 Å². The van der Waals surface area contributed by atoms with Crippen molar-refractivity contribution >= 4 is 149 Å². The van der Waals surface area contributed by atoms with Crippen LogP contribution in [-0.4, -0.2) is 0 Å². The molecule has 0 N–H and O–H groups in total. The van der Waals surface area contributed by atoms with Gasteiger partial charge in [-0.25, -0.2) is 0 Å². The van der Waals surface area contributed by atoms with Crippen LogP contribution in [0.3, 0.4) is 0 Å². The fourth-order valence-corrected chi connectivity index (χ4v) is 23.6. The molecular formula is C141H93N3O3. The number of fused-ring (bicyclic) bond motifs is 21. The van der Waals surface area contributed by atoms with Crippen LogP contribution in [0.4, 0.5) is 51.2 Å². The second-order valence-corrected chi connectivity index (χ2v) is 37.4. The minimum absolute atomic E-state index is 0.0857. The van der Waals surface area contributed by atoms with Gasteiger partial charge in [0.1, 0.15) is 33.5 Å². The van der Waals surface area contributed by atoms with Gasteiger partial charge in [-0.05, 0) is 272 Å². The van der Waals surface area contributed by atoms with E-state index in [1.165, 1.54) is 0 Å². The van der Waals surface area contributed by atoms with Crippen LogP contribution in [0.2, 0.25) is 0 Å². The summed E-state index contributed by atoms with van der Waals surface area (Å²) < 4.78 is 174. The van der Waals surface area contributed by atoms with Gasteiger partial charge in [0.05, 0.1) is 39.5 Å². The molecular weight excluding hydrogens is 1780 g/mol. The van der Waals surface area contributed by atoms with E-state index in [4.69, 9.17) is 27.0 Å². The molecule has 0 spiro atoms. The average molecular weight is 1890 g/mol. The number of hydrogen-bond acceptors (Lipinski definition) is 6. The Kier molecular flexibility index (Phi) is 16.7. The largest absolute Gasteiger partial charge is 0.456 e. The van der Waals surface area contributed by atoms with E-state index in [9.17, 15) is 9.60 Å². The number of rotatable bonds is 15. The monoisotopic (exact) mass is 1890 g/mol. The highest BCUT2D eigenvalue weighted by molar-refractivity contribution is 6.12. The van der Waals surface area contributed by atoms with E-state index in [1.807, 2.05) is 285 Å². The fourth-order valence-electron chi connectivity index (χ4n) is 23.6. The molecule has 6 nitrogen and oxygen atoms in total. The summed E-state index contributed by atoms with van der Waals surface area (Å²) in [7, 11) is 0. The molecule has 0 saturated heterocycles. The first-order valence-corrected chi connectivity index (χ1v) is 49.2. The van der Waals surface area contributed by atoms with Crippen molar-refractivity contribution < 1.29 is 36.6 Å². The first-order valence-electron chi connectivity index (χ1n) is 57.7. The molecule has 3 heterocycles. The third kappa shape index (κ3) is 13.8. The van der Waals surface area contributed by atoms with Gasteiger partial charge in [-0.15, -0.1) is 0 Å². The highest BCUT2D eigenvalue weighted by atomic mass is 16.3. The van der Waals surface area contributed by atoms with Crippen LogP contribution in [0.1, 0.15) is 90.1 Å². The average Bonchev–Trinajstić information content (AvgIpc) is 1.50. The van der Waals surface area contributed by atoms with Crippen molar-refractivity contribution in [1.29, 1.82) is 0 Å². The predicted molar refractivity (Wildman–Crippen MR) is 610 cm³/mol. The van der Waals surface area contributed by atoms with Crippen LogP contribution in [0, 0.1) is 0 Å². The van der Waals surface area contributed by atoms with Crippen LogP contribution in [0.5, 0.6) is 0 Å². The van der Waals surface area contributed by atoms with E-state index in [0.29, 0.717) is 33.5 Å². The SMILES string of the molecule is [2H]c1c([2H])c([2H])c(C2(c3ccc4c(c3)oc3ccccc34)c3ccccc3-c3cc(N(c4ccccc4)c4ccc5ccccc5c4)ccc32)c([2H])c1[2H].[2H]c1c([2H])c([2H])c(C2(c3cccc4c3oc3ccccc34)c3ccccc3-c3cc(N(c4ccccc4)c4ccc5ccccc5c4)ccc32)c([2H])c1[2H].[2H]c1c([2H])c([2H])c2c([2H])c(C3(c4cccc5oc6ccccc6c45)c4ccccc4-c4cc(N(c5ccccc5)c5ccccc5)ccc43)c([2H])c([2H])c2c1[2H]. The number of para-hydroxylation sites is 8. The molecule has 0 saturated carbocycles. The summed E-state index contributed by atoms with van der Waals surface area (Å²) in [6.45, 7) is 0. The smallest absolute Gasteiger partial charge is 0.140 e. The van der Waals surface area contributed by atoms with Crippen LogP contribution in [-0.2, 0) is 16.2 Å². The molecule has 24 aromatic carbocycles. The Balaban J connectivity index is 0.000000115. The van der Waals surface area contributed by atoms with Crippen molar-refractivity contribution in [2.24, 2.45) is 0 Å². The third-order valence-corrected chi connectivity index (χ3v) is 29.7. The molecule has 3 aromatic heterocycles. The number of anilines is 9. The lowest BCUT2D eigenvalue weighted by Gasteiger charge is -2.35. The van der Waals surface area contributed by atoms with Gasteiger partial charge in [-0.3, -0.25) is 0 Å². The topological polar surface area (TPSA) is 49.1 Å². The second-order valence-electron chi connectivity index (χ2n) is 37.4. The zero-order valence-corrected chi connectivity index (χ0v) is 78.9. The van der Waals surface area contributed by atoms with Crippen LogP contribution in [0.25, 0.3) is 132 Å². The Hall–Kier alpha value is -19.1. The summed E-state index contributed by atoms with van der Waals surface area (Å²) in [5, 5.41) is 9.76. The first kappa shape index (κ1) is 69.7. The first-order chi connectivity index (χ1) is 80.0. The summed E-state index contributed by atoms with van der Waals surface area (Å²) in [6, 6.07) is 149. The number of benzene rings is 24. The summed E-state index contributed by atoms with van der Waals surface area (Å²) >= 11 is 0. The van der Waals surface area contributed by atoms with E-state index >= 15 is 0 Å². The molecule has 690 valence electrons. The van der Waals surface area contributed by atoms with Gasteiger partial charge >= 0.3 is 0 Å². The molecule has 27 aromatic rings. The normalized spacial score (nSPS) is 16.6. The van der Waals surface area contributed by atoms with Crippen molar-refractivity contribution in [1.82, 2.24) is 0 Å². The Morgan fingerprint density at radius 2 is 0.517 bits per heavy atom. The van der Waals surface area contributed by atoms with E-state index < -0.39 is 52.5 Å². The molecule has 3 atom stereocenters. The Labute approximate surface area is 875 Å². The maximum absolute atomic E-state index is 9.99. The highest BCUT2D eigenvalue weighted by Gasteiger charge is 2.51. The lowest BCUT2D eigenvalue weighted by atomic mass is 9.66. The van der Waals surface area contributed by atoms with Gasteiger partial charge < -0.3 is 28.0 Å². The van der Waals surface area contributed by atoms with Crippen LogP contribution >= 0.6 is 0 Å². The quantitative estimate of drug-likeness (QED) is 0.102. The highest BCUT2D eigenvalue weighted by Crippen LogP contribution is 2.64. The minimum atomic E-state index is -1.39. The van der Waals surface area contributed by atoms with Gasteiger partial charge in [0, 0.05) is 89.1 Å². The minimum Gasteiger partial charge on any atom is -0.456 e. The van der Waals surface area contributed by atoms with E-state index in [-0.39, 0.29) is 93.9 Å². The lowest BCUT2D eigenvalue weighted by Crippen LogP contribution is -2.29. The number of hydrogen-bond donors (Lipinski definition) is 0. The van der Waals surface area contributed by atoms with Crippen LogP contribution < -0.4 is 14.7 Å². The van der Waals surface area contributed by atoms with Crippen molar-refractivity contribution in [3.63, 3.8) is 0 Å². The molecule has 0 radical (unpaired) electrons. The molecule has 3 aliphatic carbocycles. The van der Waals surface area contributed by atoms with Crippen molar-refractivity contribution in [3.05, 3.63) is 631 Å². The molecule has 147 heavy (non-hydrogen) atoms. The summed E-state index contributed by atoms with van der Waals surface area (Å²) in [6.07, 6.45) is 0. The predicted octanol–water partition coefficient (Wildman–Crippen LogP) is 37.7. The van der Waals surface area contributed by atoms with Gasteiger partial charge in [0.25, 0.3) is 0 Å². The van der Waals surface area contributed by atoms with Gasteiger partial charge in [0.15, 0.2) is 0 Å².